The lowest BCUT2D eigenvalue weighted by atomic mass is 9.84. The molecule has 0 saturated heterocycles. The van der Waals surface area contributed by atoms with E-state index in [0.29, 0.717) is 6.04 Å². The van der Waals surface area contributed by atoms with Crippen LogP contribution in [0.1, 0.15) is 44.7 Å². The predicted octanol–water partition coefficient (Wildman–Crippen LogP) is 3.45. The second-order valence-corrected chi connectivity index (χ2v) is 5.23. The van der Waals surface area contributed by atoms with Crippen molar-refractivity contribution in [2.24, 2.45) is 5.92 Å². The number of hydrogen-bond acceptors (Lipinski definition) is 2. The van der Waals surface area contributed by atoms with E-state index in [1.54, 1.807) is 0 Å². The Balaban J connectivity index is 1.99. The maximum absolute atomic E-state index is 5.73. The number of benzene rings is 1. The first-order valence-electron chi connectivity index (χ1n) is 6.80. The van der Waals surface area contributed by atoms with Gasteiger partial charge in [-0.1, -0.05) is 25.5 Å². The van der Waals surface area contributed by atoms with Gasteiger partial charge in [-0.3, -0.25) is 4.90 Å². The summed E-state index contributed by atoms with van der Waals surface area (Å²) >= 11 is 0. The van der Waals surface area contributed by atoms with Gasteiger partial charge in [0.2, 0.25) is 0 Å². The fourth-order valence-electron chi connectivity index (χ4n) is 2.55. The Morgan fingerprint density at radius 2 is 1.94 bits per heavy atom. The van der Waals surface area contributed by atoms with E-state index in [0.717, 1.165) is 18.2 Å². The minimum absolute atomic E-state index is 0.501. The highest BCUT2D eigenvalue weighted by molar-refractivity contribution is 5.40. The highest BCUT2D eigenvalue weighted by Gasteiger charge is 2.23. The topological polar surface area (TPSA) is 29.3 Å². The van der Waals surface area contributed by atoms with Gasteiger partial charge in [0.1, 0.15) is 0 Å². The lowest BCUT2D eigenvalue weighted by Gasteiger charge is -2.35. The number of nitrogen functional groups attached to an aromatic ring is 1. The Morgan fingerprint density at radius 1 is 1.29 bits per heavy atom. The first kappa shape index (κ1) is 12.4. The second kappa shape index (κ2) is 5.54. The first-order chi connectivity index (χ1) is 8.20. The minimum atomic E-state index is 0.501. The van der Waals surface area contributed by atoms with Crippen molar-refractivity contribution in [1.82, 2.24) is 4.90 Å². The van der Waals surface area contributed by atoms with Crippen molar-refractivity contribution in [3.05, 3.63) is 29.8 Å². The summed E-state index contributed by atoms with van der Waals surface area (Å²) in [7, 11) is 0. The van der Waals surface area contributed by atoms with Crippen LogP contribution < -0.4 is 5.73 Å². The van der Waals surface area contributed by atoms with Gasteiger partial charge in [0.05, 0.1) is 0 Å². The Morgan fingerprint density at radius 3 is 2.41 bits per heavy atom. The van der Waals surface area contributed by atoms with Crippen LogP contribution in [-0.2, 0) is 0 Å². The van der Waals surface area contributed by atoms with Crippen molar-refractivity contribution in [1.29, 1.82) is 0 Å². The molecule has 0 heterocycles. The third-order valence-electron chi connectivity index (χ3n) is 4.09. The summed E-state index contributed by atoms with van der Waals surface area (Å²) in [4.78, 5) is 2.58. The first-order valence-corrected chi connectivity index (χ1v) is 6.80. The van der Waals surface area contributed by atoms with Gasteiger partial charge in [0.25, 0.3) is 0 Å². The van der Waals surface area contributed by atoms with E-state index in [4.69, 9.17) is 5.73 Å². The van der Waals surface area contributed by atoms with E-state index in [1.807, 2.05) is 12.1 Å². The monoisotopic (exact) mass is 232 g/mol. The van der Waals surface area contributed by atoms with Crippen LogP contribution in [0.15, 0.2) is 24.3 Å². The molecule has 17 heavy (non-hydrogen) atoms. The molecule has 1 unspecified atom stereocenters. The van der Waals surface area contributed by atoms with Gasteiger partial charge in [-0.2, -0.15) is 0 Å². The Hall–Kier alpha value is -1.02. The third kappa shape index (κ3) is 3.01. The van der Waals surface area contributed by atoms with E-state index >= 15 is 0 Å². The van der Waals surface area contributed by atoms with Crippen molar-refractivity contribution >= 4 is 5.69 Å². The summed E-state index contributed by atoms with van der Waals surface area (Å²) in [5.41, 5.74) is 7.96. The summed E-state index contributed by atoms with van der Waals surface area (Å²) in [5.74, 6) is 0.936. The highest BCUT2D eigenvalue weighted by Crippen LogP contribution is 2.30. The molecule has 0 aliphatic heterocycles. The lowest BCUT2D eigenvalue weighted by Crippen LogP contribution is -2.34. The van der Waals surface area contributed by atoms with Gasteiger partial charge in [0, 0.05) is 18.3 Å². The average molecular weight is 232 g/mol. The van der Waals surface area contributed by atoms with E-state index < -0.39 is 0 Å². The van der Waals surface area contributed by atoms with Crippen molar-refractivity contribution in [3.8, 4) is 0 Å². The van der Waals surface area contributed by atoms with Crippen LogP contribution in [0.3, 0.4) is 0 Å². The third-order valence-corrected chi connectivity index (χ3v) is 4.09. The number of hydrogen-bond donors (Lipinski definition) is 1. The molecule has 0 aromatic heterocycles. The molecule has 2 heteroatoms. The Labute approximate surface area is 105 Å². The quantitative estimate of drug-likeness (QED) is 0.788. The van der Waals surface area contributed by atoms with Gasteiger partial charge >= 0.3 is 0 Å². The van der Waals surface area contributed by atoms with E-state index in [9.17, 15) is 0 Å². The number of rotatable bonds is 5. The van der Waals surface area contributed by atoms with Crippen LogP contribution in [0.5, 0.6) is 0 Å². The fraction of sp³-hybridized carbons (Fsp3) is 0.600. The molecule has 1 aromatic carbocycles. The molecule has 2 nitrogen and oxygen atoms in total. The summed E-state index contributed by atoms with van der Waals surface area (Å²) in [6, 6.07) is 8.82. The summed E-state index contributed by atoms with van der Waals surface area (Å²) in [6.07, 6.45) is 4.27. The average Bonchev–Trinajstić information content (AvgIpc) is 2.28. The second-order valence-electron chi connectivity index (χ2n) is 5.23. The van der Waals surface area contributed by atoms with E-state index in [1.165, 1.54) is 31.4 Å². The fourth-order valence-corrected chi connectivity index (χ4v) is 2.55. The molecular weight excluding hydrogens is 208 g/mol. The maximum atomic E-state index is 5.73. The van der Waals surface area contributed by atoms with E-state index in [2.05, 4.69) is 30.9 Å². The molecule has 2 rings (SSSR count). The molecule has 1 aliphatic rings. The molecule has 1 fully saturated rings. The largest absolute Gasteiger partial charge is 0.399 e. The Kier molecular flexibility index (Phi) is 4.06. The molecule has 2 N–H and O–H groups in total. The summed E-state index contributed by atoms with van der Waals surface area (Å²) in [6.45, 7) is 6.93. The van der Waals surface area contributed by atoms with Gasteiger partial charge < -0.3 is 5.73 Å². The normalized spacial score (nSPS) is 18.1. The molecule has 94 valence electrons. The number of anilines is 1. The molecule has 1 atom stereocenters. The summed E-state index contributed by atoms with van der Waals surface area (Å²) < 4.78 is 0. The SMILES string of the molecule is CCN(CC1CCC1)C(C)c1ccc(N)cc1. The van der Waals surface area contributed by atoms with Crippen molar-refractivity contribution in [2.75, 3.05) is 18.8 Å². The van der Waals surface area contributed by atoms with Crippen LogP contribution in [0, 0.1) is 5.92 Å². The molecular formula is C15H24N2. The van der Waals surface area contributed by atoms with Gasteiger partial charge in [-0.25, -0.2) is 0 Å². The van der Waals surface area contributed by atoms with Crippen LogP contribution in [0.2, 0.25) is 0 Å². The summed E-state index contributed by atoms with van der Waals surface area (Å²) in [5, 5.41) is 0. The van der Waals surface area contributed by atoms with Gasteiger partial charge in [-0.15, -0.1) is 0 Å². The van der Waals surface area contributed by atoms with Crippen LogP contribution in [0.4, 0.5) is 5.69 Å². The lowest BCUT2D eigenvalue weighted by molar-refractivity contribution is 0.146. The Bertz CT molecular complexity index is 340. The maximum Gasteiger partial charge on any atom is 0.0319 e. The zero-order chi connectivity index (χ0) is 12.3. The molecule has 1 aromatic rings. The zero-order valence-electron chi connectivity index (χ0n) is 11.0. The zero-order valence-corrected chi connectivity index (χ0v) is 11.0. The van der Waals surface area contributed by atoms with Crippen LogP contribution in [-0.4, -0.2) is 18.0 Å². The molecule has 0 bridgehead atoms. The highest BCUT2D eigenvalue weighted by atomic mass is 15.1. The van der Waals surface area contributed by atoms with Crippen LogP contribution >= 0.6 is 0 Å². The minimum Gasteiger partial charge on any atom is -0.399 e. The molecule has 0 amide bonds. The molecule has 1 saturated carbocycles. The number of nitrogens with zero attached hydrogens (tertiary/aromatic N) is 1. The molecule has 0 radical (unpaired) electrons. The smallest absolute Gasteiger partial charge is 0.0319 e. The standard InChI is InChI=1S/C15H24N2/c1-3-17(11-13-5-4-6-13)12(2)14-7-9-15(16)10-8-14/h7-10,12-13H,3-6,11,16H2,1-2H3. The molecule has 0 spiro atoms. The van der Waals surface area contributed by atoms with E-state index in [-0.39, 0.29) is 0 Å². The van der Waals surface area contributed by atoms with Crippen LogP contribution in [0.25, 0.3) is 0 Å². The van der Waals surface area contributed by atoms with Crippen molar-refractivity contribution in [3.63, 3.8) is 0 Å². The predicted molar refractivity (Wildman–Crippen MR) is 73.9 cm³/mol. The van der Waals surface area contributed by atoms with Crippen molar-refractivity contribution < 1.29 is 0 Å². The van der Waals surface area contributed by atoms with Crippen molar-refractivity contribution in [2.45, 2.75) is 39.2 Å². The van der Waals surface area contributed by atoms with Gasteiger partial charge in [0.15, 0.2) is 0 Å². The van der Waals surface area contributed by atoms with Gasteiger partial charge in [-0.05, 0) is 49.9 Å². The number of nitrogens with two attached hydrogens (primary N) is 1. The molecule has 1 aliphatic carbocycles.